The van der Waals surface area contributed by atoms with Crippen molar-refractivity contribution in [3.63, 3.8) is 0 Å². The predicted octanol–water partition coefficient (Wildman–Crippen LogP) is 2.85. The van der Waals surface area contributed by atoms with Crippen molar-refractivity contribution in [3.05, 3.63) is 11.3 Å². The standard InChI is InChI=1S/C15H30N4/c1-6-9-16-12-14-13(4)17-18(5)15(14)19(10-7-2)11-8-3/h16H,6-12H2,1-5H3. The van der Waals surface area contributed by atoms with E-state index >= 15 is 0 Å². The summed E-state index contributed by atoms with van der Waals surface area (Å²) >= 11 is 0. The summed E-state index contributed by atoms with van der Waals surface area (Å²) in [4.78, 5) is 2.48. The molecule has 0 saturated carbocycles. The largest absolute Gasteiger partial charge is 0.357 e. The average Bonchev–Trinajstić information content (AvgIpc) is 2.64. The van der Waals surface area contributed by atoms with Crippen molar-refractivity contribution < 1.29 is 0 Å². The van der Waals surface area contributed by atoms with Gasteiger partial charge in [0.15, 0.2) is 0 Å². The fraction of sp³-hybridized carbons (Fsp3) is 0.800. The highest BCUT2D eigenvalue weighted by Crippen LogP contribution is 2.23. The molecule has 110 valence electrons. The molecule has 0 aliphatic carbocycles. The Morgan fingerprint density at radius 1 is 1.11 bits per heavy atom. The van der Waals surface area contributed by atoms with Crippen LogP contribution in [-0.2, 0) is 13.6 Å². The molecule has 19 heavy (non-hydrogen) atoms. The summed E-state index contributed by atoms with van der Waals surface area (Å²) < 4.78 is 2.05. The van der Waals surface area contributed by atoms with Crippen LogP contribution in [0.1, 0.15) is 51.3 Å². The maximum absolute atomic E-state index is 4.61. The highest BCUT2D eigenvalue weighted by Gasteiger charge is 2.17. The van der Waals surface area contributed by atoms with Gasteiger partial charge < -0.3 is 10.2 Å². The minimum atomic E-state index is 0.923. The Bertz CT molecular complexity index is 364. The molecule has 1 aromatic heterocycles. The molecule has 0 spiro atoms. The maximum atomic E-state index is 4.61. The molecule has 0 bridgehead atoms. The maximum Gasteiger partial charge on any atom is 0.131 e. The van der Waals surface area contributed by atoms with Crippen LogP contribution in [0.3, 0.4) is 0 Å². The van der Waals surface area contributed by atoms with Gasteiger partial charge in [-0.3, -0.25) is 4.68 Å². The first kappa shape index (κ1) is 16.0. The quantitative estimate of drug-likeness (QED) is 0.698. The van der Waals surface area contributed by atoms with Gasteiger partial charge in [0, 0.05) is 32.2 Å². The number of hydrogen-bond donors (Lipinski definition) is 1. The smallest absolute Gasteiger partial charge is 0.131 e. The van der Waals surface area contributed by atoms with E-state index in [1.165, 1.54) is 30.6 Å². The lowest BCUT2D eigenvalue weighted by molar-refractivity contribution is 0.656. The predicted molar refractivity (Wildman–Crippen MR) is 82.7 cm³/mol. The van der Waals surface area contributed by atoms with Crippen molar-refractivity contribution in [1.82, 2.24) is 15.1 Å². The van der Waals surface area contributed by atoms with Crippen LogP contribution in [0.2, 0.25) is 0 Å². The number of rotatable bonds is 9. The van der Waals surface area contributed by atoms with Gasteiger partial charge in [0.25, 0.3) is 0 Å². The monoisotopic (exact) mass is 266 g/mol. The van der Waals surface area contributed by atoms with Crippen LogP contribution in [0.25, 0.3) is 0 Å². The van der Waals surface area contributed by atoms with E-state index in [-0.39, 0.29) is 0 Å². The summed E-state index contributed by atoms with van der Waals surface area (Å²) in [7, 11) is 2.06. The third kappa shape index (κ3) is 4.23. The van der Waals surface area contributed by atoms with Crippen molar-refractivity contribution in [2.45, 2.75) is 53.5 Å². The van der Waals surface area contributed by atoms with Crippen LogP contribution < -0.4 is 10.2 Å². The zero-order valence-corrected chi connectivity index (χ0v) is 13.3. The number of nitrogens with one attached hydrogen (secondary N) is 1. The molecule has 0 aromatic carbocycles. The van der Waals surface area contributed by atoms with Gasteiger partial charge in [-0.15, -0.1) is 0 Å². The zero-order valence-electron chi connectivity index (χ0n) is 13.3. The molecule has 0 atom stereocenters. The highest BCUT2D eigenvalue weighted by atomic mass is 15.4. The fourth-order valence-electron chi connectivity index (χ4n) is 2.55. The van der Waals surface area contributed by atoms with Crippen LogP contribution in [0.4, 0.5) is 5.82 Å². The summed E-state index contributed by atoms with van der Waals surface area (Å²) in [5.41, 5.74) is 2.51. The van der Waals surface area contributed by atoms with Gasteiger partial charge in [-0.05, 0) is 32.7 Å². The molecule has 4 nitrogen and oxygen atoms in total. The Balaban J connectivity index is 2.94. The molecule has 0 radical (unpaired) electrons. The molecule has 0 aliphatic rings. The lowest BCUT2D eigenvalue weighted by Crippen LogP contribution is -2.29. The lowest BCUT2D eigenvalue weighted by atomic mass is 10.2. The first-order valence-electron chi connectivity index (χ1n) is 7.63. The number of nitrogens with zero attached hydrogens (tertiary/aromatic N) is 3. The molecule has 0 amide bonds. The van der Waals surface area contributed by atoms with E-state index in [1.807, 2.05) is 4.68 Å². The average molecular weight is 266 g/mol. The van der Waals surface area contributed by atoms with Gasteiger partial charge in [0.2, 0.25) is 0 Å². The first-order valence-corrected chi connectivity index (χ1v) is 7.63. The van der Waals surface area contributed by atoms with Gasteiger partial charge in [-0.25, -0.2) is 0 Å². The Hall–Kier alpha value is -1.03. The Morgan fingerprint density at radius 2 is 1.74 bits per heavy atom. The third-order valence-corrected chi connectivity index (χ3v) is 3.33. The molecular weight excluding hydrogens is 236 g/mol. The molecular formula is C15H30N4. The molecule has 1 rings (SSSR count). The van der Waals surface area contributed by atoms with Crippen molar-refractivity contribution in [3.8, 4) is 0 Å². The second-order valence-corrected chi connectivity index (χ2v) is 5.18. The first-order chi connectivity index (χ1) is 9.15. The van der Waals surface area contributed by atoms with Crippen molar-refractivity contribution in [2.24, 2.45) is 7.05 Å². The summed E-state index contributed by atoms with van der Waals surface area (Å²) in [5.74, 6) is 1.30. The number of hydrogen-bond acceptors (Lipinski definition) is 3. The van der Waals surface area contributed by atoms with Gasteiger partial charge in [-0.2, -0.15) is 5.10 Å². The second kappa shape index (κ2) is 8.20. The minimum Gasteiger partial charge on any atom is -0.357 e. The molecule has 1 heterocycles. The number of aryl methyl sites for hydroxylation is 2. The van der Waals surface area contributed by atoms with Crippen molar-refractivity contribution in [2.75, 3.05) is 24.5 Å². The summed E-state index contributed by atoms with van der Waals surface area (Å²) in [6.07, 6.45) is 3.51. The zero-order chi connectivity index (χ0) is 14.3. The van der Waals surface area contributed by atoms with E-state index < -0.39 is 0 Å². The van der Waals surface area contributed by atoms with E-state index in [2.05, 4.69) is 50.1 Å². The highest BCUT2D eigenvalue weighted by molar-refractivity contribution is 5.50. The summed E-state index contributed by atoms with van der Waals surface area (Å²) in [6.45, 7) is 13.0. The van der Waals surface area contributed by atoms with E-state index in [9.17, 15) is 0 Å². The lowest BCUT2D eigenvalue weighted by Gasteiger charge is -2.25. The van der Waals surface area contributed by atoms with E-state index in [1.54, 1.807) is 0 Å². The summed E-state index contributed by atoms with van der Waals surface area (Å²) in [5, 5.41) is 8.12. The van der Waals surface area contributed by atoms with E-state index in [4.69, 9.17) is 0 Å². The van der Waals surface area contributed by atoms with Gasteiger partial charge in [0.1, 0.15) is 5.82 Å². The van der Waals surface area contributed by atoms with Gasteiger partial charge >= 0.3 is 0 Å². The Morgan fingerprint density at radius 3 is 2.26 bits per heavy atom. The molecule has 0 fully saturated rings. The topological polar surface area (TPSA) is 33.1 Å². The molecule has 1 aromatic rings. The normalized spacial score (nSPS) is 11.0. The molecule has 0 unspecified atom stereocenters. The van der Waals surface area contributed by atoms with Gasteiger partial charge in [0.05, 0.1) is 5.69 Å². The molecule has 4 heteroatoms. The SMILES string of the molecule is CCCNCc1c(C)nn(C)c1N(CCC)CCC. The molecule has 1 N–H and O–H groups in total. The summed E-state index contributed by atoms with van der Waals surface area (Å²) in [6, 6.07) is 0. The van der Waals surface area contributed by atoms with Crippen LogP contribution in [0, 0.1) is 6.92 Å². The third-order valence-electron chi connectivity index (χ3n) is 3.33. The molecule has 0 aliphatic heterocycles. The van der Waals surface area contributed by atoms with Crippen LogP contribution >= 0.6 is 0 Å². The fourth-order valence-corrected chi connectivity index (χ4v) is 2.55. The Kier molecular flexibility index (Phi) is 6.92. The van der Waals surface area contributed by atoms with Gasteiger partial charge in [-0.1, -0.05) is 20.8 Å². The van der Waals surface area contributed by atoms with Crippen LogP contribution in [0.5, 0.6) is 0 Å². The van der Waals surface area contributed by atoms with E-state index in [0.717, 1.165) is 31.9 Å². The van der Waals surface area contributed by atoms with E-state index in [0.29, 0.717) is 0 Å². The van der Waals surface area contributed by atoms with Crippen molar-refractivity contribution >= 4 is 5.82 Å². The van der Waals surface area contributed by atoms with Crippen molar-refractivity contribution in [1.29, 1.82) is 0 Å². The second-order valence-electron chi connectivity index (χ2n) is 5.18. The number of aromatic nitrogens is 2. The van der Waals surface area contributed by atoms with Crippen LogP contribution in [-0.4, -0.2) is 29.4 Å². The number of anilines is 1. The Labute approximate surface area is 118 Å². The molecule has 0 saturated heterocycles. The van der Waals surface area contributed by atoms with Crippen LogP contribution in [0.15, 0.2) is 0 Å². The minimum absolute atomic E-state index is 0.923.